The van der Waals surface area contributed by atoms with Crippen LogP contribution in [0.25, 0.3) is 28.1 Å². The number of rotatable bonds is 5. The molecule has 0 atom stereocenters. The number of piperidine rings is 1. The molecule has 0 unspecified atom stereocenters. The number of aliphatic hydroxyl groups is 1. The third-order valence-electron chi connectivity index (χ3n) is 7.02. The van der Waals surface area contributed by atoms with Gasteiger partial charge in [-0.2, -0.15) is 0 Å². The van der Waals surface area contributed by atoms with Crippen molar-refractivity contribution in [3.63, 3.8) is 0 Å². The molecule has 188 valence electrons. The highest BCUT2D eigenvalue weighted by atomic mass is 16.4. The van der Waals surface area contributed by atoms with Gasteiger partial charge in [0.15, 0.2) is 11.5 Å². The molecule has 3 aromatic heterocycles. The summed E-state index contributed by atoms with van der Waals surface area (Å²) in [6.45, 7) is 8.05. The average molecular weight is 489 g/mol. The van der Waals surface area contributed by atoms with Crippen LogP contribution in [-0.4, -0.2) is 66.0 Å². The summed E-state index contributed by atoms with van der Waals surface area (Å²) in [7, 11) is 0. The summed E-state index contributed by atoms with van der Waals surface area (Å²) in [6.07, 6.45) is 2.86. The van der Waals surface area contributed by atoms with E-state index in [1.165, 1.54) is 0 Å². The number of aliphatic hydroxyl groups excluding tert-OH is 1. The highest BCUT2D eigenvalue weighted by molar-refractivity contribution is 5.92. The molecule has 1 aliphatic heterocycles. The Labute approximate surface area is 210 Å². The number of nitrogens with zero attached hydrogens (tertiary/aromatic N) is 6. The summed E-state index contributed by atoms with van der Waals surface area (Å²) in [5.41, 5.74) is 3.77. The van der Waals surface area contributed by atoms with Crippen LogP contribution in [-0.2, 0) is 6.61 Å². The van der Waals surface area contributed by atoms with Crippen molar-refractivity contribution in [2.45, 2.75) is 45.8 Å². The molecule has 4 heterocycles. The second-order valence-electron chi connectivity index (χ2n) is 10.5. The van der Waals surface area contributed by atoms with Crippen molar-refractivity contribution in [2.24, 2.45) is 5.92 Å². The molecule has 1 fully saturated rings. The topological polar surface area (TPSA) is 107 Å². The second-order valence-corrected chi connectivity index (χ2v) is 10.5. The van der Waals surface area contributed by atoms with Crippen molar-refractivity contribution in [2.75, 3.05) is 24.5 Å². The van der Waals surface area contributed by atoms with Crippen molar-refractivity contribution in [1.82, 2.24) is 24.5 Å². The summed E-state index contributed by atoms with van der Waals surface area (Å²) in [6, 6.07) is 13.9. The third kappa shape index (κ3) is 4.58. The molecule has 1 amide bonds. The lowest BCUT2D eigenvalue weighted by Gasteiger charge is -2.39. The molecule has 0 saturated carbocycles. The summed E-state index contributed by atoms with van der Waals surface area (Å²) < 4.78 is 1.88. The quantitative estimate of drug-likeness (QED) is 0.428. The number of anilines is 1. The highest BCUT2D eigenvalue weighted by Gasteiger charge is 2.30. The fourth-order valence-corrected chi connectivity index (χ4v) is 4.97. The van der Waals surface area contributed by atoms with Crippen LogP contribution in [0.3, 0.4) is 0 Å². The van der Waals surface area contributed by atoms with Crippen LogP contribution in [0.15, 0.2) is 48.7 Å². The predicted octanol–water partition coefficient (Wildman–Crippen LogP) is 4.43. The van der Waals surface area contributed by atoms with Crippen LogP contribution >= 0.6 is 0 Å². The normalized spacial score (nSPS) is 15.1. The van der Waals surface area contributed by atoms with Crippen LogP contribution in [0.5, 0.6) is 0 Å². The zero-order chi connectivity index (χ0) is 25.4. The molecular formula is C27H32N6O3. The first-order valence-electron chi connectivity index (χ1n) is 12.3. The number of carbonyl (C=O) groups is 1. The molecule has 1 aliphatic rings. The molecular weight excluding hydrogens is 456 g/mol. The first kappa shape index (κ1) is 24.0. The van der Waals surface area contributed by atoms with Crippen LogP contribution in [0.2, 0.25) is 0 Å². The van der Waals surface area contributed by atoms with E-state index in [-0.39, 0.29) is 6.61 Å². The summed E-state index contributed by atoms with van der Waals surface area (Å²) in [5, 5.41) is 28.8. The Bertz CT molecular complexity index is 1400. The Morgan fingerprint density at radius 2 is 1.89 bits per heavy atom. The minimum Gasteiger partial charge on any atom is -0.465 e. The maximum Gasteiger partial charge on any atom is 0.407 e. The van der Waals surface area contributed by atoms with E-state index in [4.69, 9.17) is 4.98 Å². The Morgan fingerprint density at radius 3 is 2.58 bits per heavy atom. The zero-order valence-electron chi connectivity index (χ0n) is 20.9. The van der Waals surface area contributed by atoms with E-state index in [9.17, 15) is 15.0 Å². The monoisotopic (exact) mass is 488 g/mol. The number of carboxylic acid groups (broad SMARTS) is 1. The van der Waals surface area contributed by atoms with Gasteiger partial charge in [-0.05, 0) is 69.4 Å². The Hall–Kier alpha value is -3.72. The molecule has 0 radical (unpaired) electrons. The number of fused-ring (bicyclic) bond motifs is 2. The summed E-state index contributed by atoms with van der Waals surface area (Å²) >= 11 is 0. The van der Waals surface area contributed by atoms with Gasteiger partial charge in [0.05, 0.1) is 17.8 Å². The van der Waals surface area contributed by atoms with Gasteiger partial charge in [0.25, 0.3) is 0 Å². The van der Waals surface area contributed by atoms with E-state index in [0.717, 1.165) is 53.8 Å². The molecule has 36 heavy (non-hydrogen) atoms. The van der Waals surface area contributed by atoms with E-state index in [1.807, 2.05) is 49.6 Å². The van der Waals surface area contributed by atoms with Gasteiger partial charge in [-0.25, -0.2) is 9.78 Å². The number of hydrogen-bond acceptors (Lipinski definition) is 6. The molecule has 4 aromatic rings. The van der Waals surface area contributed by atoms with Gasteiger partial charge in [0, 0.05) is 36.8 Å². The molecule has 9 nitrogen and oxygen atoms in total. The Balaban J connectivity index is 1.40. The van der Waals surface area contributed by atoms with E-state index in [0.29, 0.717) is 23.9 Å². The minimum absolute atomic E-state index is 0.0441. The number of pyridine rings is 2. The van der Waals surface area contributed by atoms with E-state index in [1.54, 1.807) is 4.90 Å². The lowest BCUT2D eigenvalue weighted by atomic mass is 9.93. The number of para-hydroxylation sites is 1. The fourth-order valence-electron chi connectivity index (χ4n) is 4.97. The van der Waals surface area contributed by atoms with Crippen LogP contribution in [0, 0.1) is 5.92 Å². The highest BCUT2D eigenvalue weighted by Crippen LogP contribution is 2.32. The largest absolute Gasteiger partial charge is 0.465 e. The Kier molecular flexibility index (Phi) is 6.26. The van der Waals surface area contributed by atoms with E-state index in [2.05, 4.69) is 39.4 Å². The van der Waals surface area contributed by atoms with E-state index < -0.39 is 11.6 Å². The number of hydrogen-bond donors (Lipinski definition) is 2. The van der Waals surface area contributed by atoms with Gasteiger partial charge in [-0.1, -0.05) is 18.2 Å². The van der Waals surface area contributed by atoms with Crippen LogP contribution in [0.1, 0.15) is 39.2 Å². The molecule has 9 heteroatoms. The number of benzene rings is 1. The SMILES string of the molecule is CC(C)(C)N(CC1CCN(c2cccc3ccc(-c4nnc5cc(CO)ccn45)nc23)CC1)C(=O)O. The maximum absolute atomic E-state index is 11.8. The van der Waals surface area contributed by atoms with Gasteiger partial charge in [-0.15, -0.1) is 10.2 Å². The molecule has 5 rings (SSSR count). The minimum atomic E-state index is -0.857. The number of amides is 1. The standard InChI is InChI=1S/C27H32N6O3/c1-27(2,3)33(26(35)36)16-18-9-12-31(13-10-18)22-6-4-5-20-7-8-21(28-24(20)22)25-30-29-23-15-19(17-34)11-14-32(23)25/h4-8,11,14-15,18,34H,9-10,12-13,16-17H2,1-3H3,(H,35,36). The van der Waals surface area contributed by atoms with Crippen molar-refractivity contribution in [3.8, 4) is 11.5 Å². The van der Waals surface area contributed by atoms with Crippen molar-refractivity contribution >= 4 is 28.3 Å². The zero-order valence-corrected chi connectivity index (χ0v) is 20.9. The molecule has 0 spiro atoms. The van der Waals surface area contributed by atoms with Crippen LogP contribution in [0.4, 0.5) is 10.5 Å². The second kappa shape index (κ2) is 9.39. The molecule has 2 N–H and O–H groups in total. The first-order valence-corrected chi connectivity index (χ1v) is 12.3. The number of aromatic nitrogens is 4. The average Bonchev–Trinajstić information content (AvgIpc) is 3.29. The van der Waals surface area contributed by atoms with Crippen molar-refractivity contribution in [3.05, 3.63) is 54.2 Å². The van der Waals surface area contributed by atoms with Crippen molar-refractivity contribution in [1.29, 1.82) is 0 Å². The van der Waals surface area contributed by atoms with Gasteiger partial charge in [-0.3, -0.25) is 4.40 Å². The molecule has 1 aromatic carbocycles. The van der Waals surface area contributed by atoms with Gasteiger partial charge in [0.1, 0.15) is 5.69 Å². The Morgan fingerprint density at radius 1 is 1.11 bits per heavy atom. The van der Waals surface area contributed by atoms with Crippen LogP contribution < -0.4 is 4.90 Å². The summed E-state index contributed by atoms with van der Waals surface area (Å²) in [4.78, 5) is 20.7. The van der Waals surface area contributed by atoms with Gasteiger partial charge >= 0.3 is 6.09 Å². The third-order valence-corrected chi connectivity index (χ3v) is 7.02. The lowest BCUT2D eigenvalue weighted by molar-refractivity contribution is 0.0852. The van der Waals surface area contributed by atoms with Gasteiger partial charge in [0.2, 0.25) is 0 Å². The van der Waals surface area contributed by atoms with Crippen molar-refractivity contribution < 1.29 is 15.0 Å². The fraction of sp³-hybridized carbons (Fsp3) is 0.407. The first-order chi connectivity index (χ1) is 17.2. The summed E-state index contributed by atoms with van der Waals surface area (Å²) in [5.74, 6) is 0.988. The smallest absolute Gasteiger partial charge is 0.407 e. The molecule has 1 saturated heterocycles. The molecule has 0 aliphatic carbocycles. The van der Waals surface area contributed by atoms with Gasteiger partial charge < -0.3 is 20.0 Å². The molecule has 0 bridgehead atoms. The maximum atomic E-state index is 11.8. The predicted molar refractivity (Wildman–Crippen MR) is 139 cm³/mol. The lowest BCUT2D eigenvalue weighted by Crippen LogP contribution is -2.49. The van der Waals surface area contributed by atoms with E-state index >= 15 is 0 Å².